The van der Waals surface area contributed by atoms with Crippen molar-refractivity contribution in [2.75, 3.05) is 11.4 Å². The zero-order chi connectivity index (χ0) is 13.5. The average molecular weight is 269 g/mol. The number of aromatic nitrogens is 2. The zero-order valence-corrected chi connectivity index (χ0v) is 11.0. The van der Waals surface area contributed by atoms with Gasteiger partial charge in [-0.05, 0) is 25.0 Å². The van der Waals surface area contributed by atoms with Gasteiger partial charge in [-0.1, -0.05) is 23.4 Å². The Labute approximate surface area is 116 Å². The molecule has 1 unspecified atom stereocenters. The molecule has 4 rings (SSSR count). The summed E-state index contributed by atoms with van der Waals surface area (Å²) in [6.45, 7) is 0.631. The third kappa shape index (κ3) is 1.99. The van der Waals surface area contributed by atoms with Crippen LogP contribution in [0.5, 0.6) is 0 Å². The molecule has 5 heteroatoms. The van der Waals surface area contributed by atoms with Gasteiger partial charge in [0.15, 0.2) is 5.82 Å². The quantitative estimate of drug-likeness (QED) is 0.858. The number of amides is 1. The first-order chi connectivity index (χ1) is 9.81. The Morgan fingerprint density at radius 1 is 1.15 bits per heavy atom. The standard InChI is InChI=1S/C15H15N3O2/c19-13-8-11(9-18(13)12-4-2-1-3-5-12)14-16-15(20-17-14)10-6-7-10/h1-5,10-11H,6-9H2. The number of anilines is 1. The summed E-state index contributed by atoms with van der Waals surface area (Å²) in [6.07, 6.45) is 2.74. The SMILES string of the molecule is O=C1CC(c2noc(C3CC3)n2)CN1c1ccccc1. The molecule has 1 aliphatic carbocycles. The lowest BCUT2D eigenvalue weighted by Crippen LogP contribution is -2.24. The molecule has 1 aromatic heterocycles. The van der Waals surface area contributed by atoms with Crippen LogP contribution in [0.2, 0.25) is 0 Å². The normalized spacial score (nSPS) is 22.5. The lowest BCUT2D eigenvalue weighted by atomic mass is 10.1. The van der Waals surface area contributed by atoms with Gasteiger partial charge in [0, 0.05) is 30.5 Å². The van der Waals surface area contributed by atoms with E-state index < -0.39 is 0 Å². The van der Waals surface area contributed by atoms with Gasteiger partial charge in [0.05, 0.1) is 0 Å². The highest BCUT2D eigenvalue weighted by molar-refractivity contribution is 5.96. The second-order valence-electron chi connectivity index (χ2n) is 5.51. The molecule has 2 aliphatic rings. The maximum Gasteiger partial charge on any atom is 0.229 e. The summed E-state index contributed by atoms with van der Waals surface area (Å²) in [7, 11) is 0. The van der Waals surface area contributed by atoms with E-state index in [0.29, 0.717) is 24.7 Å². The van der Waals surface area contributed by atoms with Crippen molar-refractivity contribution in [3.63, 3.8) is 0 Å². The fourth-order valence-corrected chi connectivity index (χ4v) is 2.65. The van der Waals surface area contributed by atoms with Gasteiger partial charge in [-0.25, -0.2) is 0 Å². The molecule has 102 valence electrons. The smallest absolute Gasteiger partial charge is 0.229 e. The van der Waals surface area contributed by atoms with Gasteiger partial charge in [0.25, 0.3) is 0 Å². The fraction of sp³-hybridized carbons (Fsp3) is 0.400. The molecule has 1 aliphatic heterocycles. The highest BCUT2D eigenvalue weighted by atomic mass is 16.5. The minimum Gasteiger partial charge on any atom is -0.339 e. The Hall–Kier alpha value is -2.17. The number of benzene rings is 1. The Bertz CT molecular complexity index is 634. The lowest BCUT2D eigenvalue weighted by Gasteiger charge is -2.15. The second-order valence-corrected chi connectivity index (χ2v) is 5.51. The molecule has 1 aromatic carbocycles. The average Bonchev–Trinajstić information content (AvgIpc) is 3.08. The number of para-hydroxylation sites is 1. The molecule has 20 heavy (non-hydrogen) atoms. The van der Waals surface area contributed by atoms with Gasteiger partial charge in [-0.3, -0.25) is 4.79 Å². The van der Waals surface area contributed by atoms with Crippen molar-refractivity contribution in [3.8, 4) is 0 Å². The third-order valence-corrected chi connectivity index (χ3v) is 3.94. The molecule has 0 spiro atoms. The topological polar surface area (TPSA) is 59.2 Å². The minimum atomic E-state index is 0.0407. The molecule has 0 N–H and O–H groups in total. The molecular weight excluding hydrogens is 254 g/mol. The van der Waals surface area contributed by atoms with E-state index in [1.54, 1.807) is 4.90 Å². The molecule has 2 heterocycles. The summed E-state index contributed by atoms with van der Waals surface area (Å²) in [5.41, 5.74) is 0.936. The van der Waals surface area contributed by atoms with Crippen LogP contribution in [0.25, 0.3) is 0 Å². The molecule has 2 aromatic rings. The molecule has 0 radical (unpaired) electrons. The number of hydrogen-bond acceptors (Lipinski definition) is 4. The van der Waals surface area contributed by atoms with Crippen molar-refractivity contribution >= 4 is 11.6 Å². The van der Waals surface area contributed by atoms with Crippen molar-refractivity contribution in [3.05, 3.63) is 42.0 Å². The van der Waals surface area contributed by atoms with E-state index >= 15 is 0 Å². The summed E-state index contributed by atoms with van der Waals surface area (Å²) in [5.74, 6) is 2.04. The van der Waals surface area contributed by atoms with Crippen LogP contribution in [-0.4, -0.2) is 22.6 Å². The predicted octanol–water partition coefficient (Wildman–Crippen LogP) is 2.47. The first kappa shape index (κ1) is 11.6. The minimum absolute atomic E-state index is 0.0407. The van der Waals surface area contributed by atoms with Crippen LogP contribution in [0.4, 0.5) is 5.69 Å². The van der Waals surface area contributed by atoms with Gasteiger partial charge in [-0.15, -0.1) is 0 Å². The number of carbonyl (C=O) groups excluding carboxylic acids is 1. The highest BCUT2D eigenvalue weighted by Gasteiger charge is 2.36. The predicted molar refractivity (Wildman–Crippen MR) is 72.4 cm³/mol. The Morgan fingerprint density at radius 3 is 2.70 bits per heavy atom. The van der Waals surface area contributed by atoms with Crippen molar-refractivity contribution in [1.29, 1.82) is 0 Å². The highest BCUT2D eigenvalue weighted by Crippen LogP contribution is 2.40. The number of rotatable bonds is 3. The van der Waals surface area contributed by atoms with Crippen LogP contribution >= 0.6 is 0 Å². The number of carbonyl (C=O) groups is 1. The van der Waals surface area contributed by atoms with Crippen molar-refractivity contribution < 1.29 is 9.32 Å². The molecule has 1 amide bonds. The Kier molecular flexibility index (Phi) is 2.58. The monoisotopic (exact) mass is 269 g/mol. The van der Waals surface area contributed by atoms with E-state index in [1.165, 1.54) is 0 Å². The third-order valence-electron chi connectivity index (χ3n) is 3.94. The van der Waals surface area contributed by atoms with Crippen LogP contribution in [0.3, 0.4) is 0 Å². The molecule has 5 nitrogen and oxygen atoms in total. The van der Waals surface area contributed by atoms with Gasteiger partial charge in [-0.2, -0.15) is 4.98 Å². The van der Waals surface area contributed by atoms with E-state index in [0.717, 1.165) is 24.4 Å². The summed E-state index contributed by atoms with van der Waals surface area (Å²) in [6, 6.07) is 9.73. The summed E-state index contributed by atoms with van der Waals surface area (Å²) < 4.78 is 5.29. The van der Waals surface area contributed by atoms with Crippen LogP contribution in [0.1, 0.15) is 42.8 Å². The maximum atomic E-state index is 12.2. The Morgan fingerprint density at radius 2 is 1.95 bits per heavy atom. The first-order valence-corrected chi connectivity index (χ1v) is 7.00. The number of hydrogen-bond donors (Lipinski definition) is 0. The first-order valence-electron chi connectivity index (χ1n) is 7.00. The molecule has 2 fully saturated rings. The van der Waals surface area contributed by atoms with Gasteiger partial charge < -0.3 is 9.42 Å². The van der Waals surface area contributed by atoms with Gasteiger partial charge in [0.1, 0.15) is 0 Å². The summed E-state index contributed by atoms with van der Waals surface area (Å²) in [4.78, 5) is 18.4. The maximum absolute atomic E-state index is 12.2. The molecular formula is C15H15N3O2. The van der Waals surface area contributed by atoms with E-state index in [-0.39, 0.29) is 11.8 Å². The van der Waals surface area contributed by atoms with Crippen LogP contribution in [0.15, 0.2) is 34.9 Å². The van der Waals surface area contributed by atoms with Gasteiger partial charge in [0.2, 0.25) is 11.8 Å². The largest absolute Gasteiger partial charge is 0.339 e. The lowest BCUT2D eigenvalue weighted by molar-refractivity contribution is -0.117. The summed E-state index contributed by atoms with van der Waals surface area (Å²) in [5, 5.41) is 4.06. The molecule has 1 saturated carbocycles. The Balaban J connectivity index is 1.54. The van der Waals surface area contributed by atoms with Gasteiger partial charge >= 0.3 is 0 Å². The van der Waals surface area contributed by atoms with Crippen LogP contribution in [-0.2, 0) is 4.79 Å². The van der Waals surface area contributed by atoms with Crippen molar-refractivity contribution in [1.82, 2.24) is 10.1 Å². The van der Waals surface area contributed by atoms with Crippen LogP contribution in [0, 0.1) is 0 Å². The second kappa shape index (κ2) is 4.44. The molecule has 1 atom stereocenters. The van der Waals surface area contributed by atoms with E-state index in [4.69, 9.17) is 4.52 Å². The van der Waals surface area contributed by atoms with E-state index in [2.05, 4.69) is 10.1 Å². The van der Waals surface area contributed by atoms with E-state index in [1.807, 2.05) is 30.3 Å². The van der Waals surface area contributed by atoms with Crippen LogP contribution < -0.4 is 4.90 Å². The fourth-order valence-electron chi connectivity index (χ4n) is 2.65. The summed E-state index contributed by atoms with van der Waals surface area (Å²) >= 11 is 0. The zero-order valence-electron chi connectivity index (χ0n) is 11.0. The van der Waals surface area contributed by atoms with Crippen molar-refractivity contribution in [2.45, 2.75) is 31.1 Å². The molecule has 1 saturated heterocycles. The number of nitrogens with zero attached hydrogens (tertiary/aromatic N) is 3. The van der Waals surface area contributed by atoms with E-state index in [9.17, 15) is 4.79 Å². The molecule has 0 bridgehead atoms. The van der Waals surface area contributed by atoms with Crippen molar-refractivity contribution in [2.24, 2.45) is 0 Å².